The van der Waals surface area contributed by atoms with Gasteiger partial charge in [0.15, 0.2) is 0 Å². The molecule has 1 amide bonds. The predicted octanol–water partition coefficient (Wildman–Crippen LogP) is 1.44. The summed E-state index contributed by atoms with van der Waals surface area (Å²) < 4.78 is 0. The molecule has 1 atom stereocenters. The molecule has 4 nitrogen and oxygen atoms in total. The monoisotopic (exact) mass is 254 g/mol. The first-order valence-electron chi connectivity index (χ1n) is 5.26. The highest BCUT2D eigenvalue weighted by Gasteiger charge is 2.08. The molecular weight excluding hydrogens is 242 g/mol. The molecule has 0 radical (unpaired) electrons. The van der Waals surface area contributed by atoms with Crippen LogP contribution < -0.4 is 10.4 Å². The molecule has 1 rings (SSSR count). The Hall–Kier alpha value is -1.55. The highest BCUT2D eigenvalue weighted by atomic mass is 35.5. The van der Waals surface area contributed by atoms with Crippen molar-refractivity contribution in [3.8, 4) is 0 Å². The molecule has 92 valence electrons. The number of rotatable bonds is 5. The summed E-state index contributed by atoms with van der Waals surface area (Å²) in [6.07, 6.45) is 0.374. The number of benzene rings is 1. The second kappa shape index (κ2) is 6.25. The Bertz CT molecular complexity index is 420. The van der Waals surface area contributed by atoms with E-state index in [4.69, 9.17) is 11.6 Å². The van der Waals surface area contributed by atoms with Gasteiger partial charge in [-0.3, -0.25) is 4.79 Å². The SMILES string of the molecule is C[C@H](CCC(=O)Nc1ccccc1Cl)C(=O)[O-]. The summed E-state index contributed by atoms with van der Waals surface area (Å²) in [5.41, 5.74) is 0.528. The van der Waals surface area contributed by atoms with Crippen LogP contribution in [0.2, 0.25) is 5.02 Å². The summed E-state index contributed by atoms with van der Waals surface area (Å²) in [5.74, 6) is -2.03. The number of amides is 1. The Morgan fingerprint density at radius 2 is 2.06 bits per heavy atom. The Morgan fingerprint density at radius 1 is 1.41 bits per heavy atom. The minimum atomic E-state index is -1.14. The Balaban J connectivity index is 2.46. The molecule has 1 N–H and O–H groups in total. The van der Waals surface area contributed by atoms with Crippen molar-refractivity contribution in [3.63, 3.8) is 0 Å². The Labute approximate surface area is 105 Å². The van der Waals surface area contributed by atoms with Crippen molar-refractivity contribution < 1.29 is 14.7 Å². The third-order valence-electron chi connectivity index (χ3n) is 2.35. The number of halogens is 1. The third kappa shape index (κ3) is 4.44. The average molecular weight is 255 g/mol. The average Bonchev–Trinajstić information content (AvgIpc) is 2.29. The first-order chi connectivity index (χ1) is 8.00. The second-order valence-electron chi connectivity index (χ2n) is 3.79. The molecule has 0 heterocycles. The van der Waals surface area contributed by atoms with Crippen molar-refractivity contribution in [1.82, 2.24) is 0 Å². The Kier molecular flexibility index (Phi) is 4.97. The second-order valence-corrected chi connectivity index (χ2v) is 4.19. The largest absolute Gasteiger partial charge is 0.550 e. The summed E-state index contributed by atoms with van der Waals surface area (Å²) in [6, 6.07) is 6.87. The molecule has 17 heavy (non-hydrogen) atoms. The lowest BCUT2D eigenvalue weighted by Gasteiger charge is -2.12. The molecule has 1 aromatic rings. The number of nitrogens with one attached hydrogen (secondary N) is 1. The minimum absolute atomic E-state index is 0.125. The van der Waals surface area contributed by atoms with Crippen molar-refractivity contribution in [2.75, 3.05) is 5.32 Å². The summed E-state index contributed by atoms with van der Waals surface area (Å²) in [6.45, 7) is 1.51. The fourth-order valence-corrected chi connectivity index (χ4v) is 1.42. The quantitative estimate of drug-likeness (QED) is 0.865. The van der Waals surface area contributed by atoms with Gasteiger partial charge in [-0.25, -0.2) is 0 Å². The third-order valence-corrected chi connectivity index (χ3v) is 2.68. The number of carbonyl (C=O) groups excluding carboxylic acids is 2. The number of para-hydroxylation sites is 1. The smallest absolute Gasteiger partial charge is 0.224 e. The molecule has 0 aliphatic rings. The zero-order chi connectivity index (χ0) is 12.8. The number of carboxylic acids is 1. The van der Waals surface area contributed by atoms with E-state index in [9.17, 15) is 14.7 Å². The minimum Gasteiger partial charge on any atom is -0.550 e. The maximum absolute atomic E-state index is 11.5. The number of hydrogen-bond donors (Lipinski definition) is 1. The normalized spacial score (nSPS) is 11.9. The molecule has 5 heteroatoms. The van der Waals surface area contributed by atoms with Crippen molar-refractivity contribution >= 4 is 29.2 Å². The molecule has 0 saturated carbocycles. The van der Waals surface area contributed by atoms with Crippen molar-refractivity contribution in [1.29, 1.82) is 0 Å². The van der Waals surface area contributed by atoms with E-state index in [1.54, 1.807) is 24.3 Å². The van der Waals surface area contributed by atoms with Crippen LogP contribution in [0.3, 0.4) is 0 Å². The van der Waals surface area contributed by atoms with Crippen LogP contribution in [0, 0.1) is 5.92 Å². The molecule has 0 fully saturated rings. The van der Waals surface area contributed by atoms with Crippen molar-refractivity contribution in [3.05, 3.63) is 29.3 Å². The maximum atomic E-state index is 11.5. The van der Waals surface area contributed by atoms with Crippen LogP contribution in [-0.2, 0) is 9.59 Å². The zero-order valence-corrected chi connectivity index (χ0v) is 10.2. The van der Waals surface area contributed by atoms with Gasteiger partial charge in [0.25, 0.3) is 0 Å². The summed E-state index contributed by atoms with van der Waals surface area (Å²) in [7, 11) is 0. The lowest BCUT2D eigenvalue weighted by atomic mass is 10.1. The standard InChI is InChI=1S/C12H14ClNO3/c1-8(12(16)17)6-7-11(15)14-10-5-3-2-4-9(10)13/h2-5,8H,6-7H2,1H3,(H,14,15)(H,16,17)/p-1/t8-/m1/s1. The van der Waals surface area contributed by atoms with Crippen LogP contribution in [0.15, 0.2) is 24.3 Å². The fraction of sp³-hybridized carbons (Fsp3) is 0.333. The first kappa shape index (κ1) is 13.5. The van der Waals surface area contributed by atoms with Gasteiger partial charge in [-0.2, -0.15) is 0 Å². The van der Waals surface area contributed by atoms with E-state index in [2.05, 4.69) is 5.32 Å². The van der Waals surface area contributed by atoms with Crippen molar-refractivity contribution in [2.24, 2.45) is 5.92 Å². The zero-order valence-electron chi connectivity index (χ0n) is 9.40. The van der Waals surface area contributed by atoms with Crippen LogP contribution in [0.1, 0.15) is 19.8 Å². The van der Waals surface area contributed by atoms with Crippen LogP contribution in [0.25, 0.3) is 0 Å². The Morgan fingerprint density at radius 3 is 2.65 bits per heavy atom. The predicted molar refractivity (Wildman–Crippen MR) is 63.5 cm³/mol. The van der Waals surface area contributed by atoms with E-state index >= 15 is 0 Å². The van der Waals surface area contributed by atoms with Gasteiger partial charge in [-0.15, -0.1) is 0 Å². The topological polar surface area (TPSA) is 69.2 Å². The van der Waals surface area contributed by atoms with Gasteiger partial charge in [0.2, 0.25) is 5.91 Å². The summed E-state index contributed by atoms with van der Waals surface area (Å²) >= 11 is 5.86. The van der Waals surface area contributed by atoms with E-state index in [1.807, 2.05) is 0 Å². The number of carbonyl (C=O) groups is 2. The van der Waals surface area contributed by atoms with Gasteiger partial charge in [-0.1, -0.05) is 30.7 Å². The molecule has 0 aliphatic carbocycles. The van der Waals surface area contributed by atoms with Gasteiger partial charge in [0, 0.05) is 12.4 Å². The van der Waals surface area contributed by atoms with E-state index < -0.39 is 11.9 Å². The first-order valence-corrected chi connectivity index (χ1v) is 5.63. The van der Waals surface area contributed by atoms with E-state index in [0.29, 0.717) is 10.7 Å². The van der Waals surface area contributed by atoms with Gasteiger partial charge in [0.1, 0.15) is 0 Å². The number of hydrogen-bond acceptors (Lipinski definition) is 3. The number of carboxylic acid groups (broad SMARTS) is 1. The van der Waals surface area contributed by atoms with Crippen LogP contribution in [0.4, 0.5) is 5.69 Å². The number of aliphatic carboxylic acids is 1. The van der Waals surface area contributed by atoms with Gasteiger partial charge < -0.3 is 15.2 Å². The van der Waals surface area contributed by atoms with Crippen LogP contribution in [0.5, 0.6) is 0 Å². The highest BCUT2D eigenvalue weighted by molar-refractivity contribution is 6.33. The molecular formula is C12H13ClNO3-. The van der Waals surface area contributed by atoms with Gasteiger partial charge >= 0.3 is 0 Å². The fourth-order valence-electron chi connectivity index (χ4n) is 1.24. The molecule has 0 bridgehead atoms. The molecule has 0 aromatic heterocycles. The lowest BCUT2D eigenvalue weighted by Crippen LogP contribution is -2.30. The van der Waals surface area contributed by atoms with Crippen LogP contribution >= 0.6 is 11.6 Å². The maximum Gasteiger partial charge on any atom is 0.224 e. The van der Waals surface area contributed by atoms with E-state index in [-0.39, 0.29) is 18.7 Å². The van der Waals surface area contributed by atoms with Crippen LogP contribution in [-0.4, -0.2) is 11.9 Å². The molecule has 0 saturated heterocycles. The van der Waals surface area contributed by atoms with Gasteiger partial charge in [0.05, 0.1) is 10.7 Å². The summed E-state index contributed by atoms with van der Waals surface area (Å²) in [5, 5.41) is 13.5. The molecule has 0 aliphatic heterocycles. The molecule has 0 spiro atoms. The number of anilines is 1. The van der Waals surface area contributed by atoms with E-state index in [0.717, 1.165) is 0 Å². The molecule has 0 unspecified atom stereocenters. The summed E-state index contributed by atoms with van der Waals surface area (Å²) in [4.78, 5) is 22.0. The van der Waals surface area contributed by atoms with E-state index in [1.165, 1.54) is 6.92 Å². The highest BCUT2D eigenvalue weighted by Crippen LogP contribution is 2.20. The molecule has 1 aromatic carbocycles. The van der Waals surface area contributed by atoms with Gasteiger partial charge in [-0.05, 0) is 24.5 Å². The lowest BCUT2D eigenvalue weighted by molar-refractivity contribution is -0.311. The van der Waals surface area contributed by atoms with Crippen molar-refractivity contribution in [2.45, 2.75) is 19.8 Å².